The highest BCUT2D eigenvalue weighted by molar-refractivity contribution is 5.76. The van der Waals surface area contributed by atoms with Gasteiger partial charge in [-0.1, -0.05) is 230 Å². The van der Waals surface area contributed by atoms with Crippen molar-refractivity contribution in [3.05, 3.63) is 36.5 Å². The SMILES string of the molecule is CCCCCCCCCCCCCC/C=C\CCCCCCCCCC(=O)NC(CO)C(O)/C=C/CC/C=C/CCCCCCCCCCCCCCC. The Kier molecular flexibility index (Phi) is 44.8. The van der Waals surface area contributed by atoms with Crippen molar-refractivity contribution in [2.24, 2.45) is 0 Å². The smallest absolute Gasteiger partial charge is 0.220 e. The summed E-state index contributed by atoms with van der Waals surface area (Å²) in [7, 11) is 0. The van der Waals surface area contributed by atoms with Crippen LogP contribution in [0.1, 0.15) is 258 Å². The number of hydrogen-bond donors (Lipinski definition) is 3. The molecule has 0 aliphatic carbocycles. The van der Waals surface area contributed by atoms with E-state index in [9.17, 15) is 15.0 Å². The molecule has 4 nitrogen and oxygen atoms in total. The number of unbranched alkanes of at least 4 members (excludes halogenated alkanes) is 33. The molecule has 3 N–H and O–H groups in total. The molecule has 0 saturated carbocycles. The number of carbonyl (C=O) groups is 1. The zero-order valence-electron chi connectivity index (χ0n) is 36.5. The number of carbonyl (C=O) groups excluding carboxylic acids is 1. The van der Waals surface area contributed by atoms with E-state index in [1.165, 1.54) is 205 Å². The quantitative estimate of drug-likeness (QED) is 0.0428. The first-order valence-corrected chi connectivity index (χ1v) is 24.2. The summed E-state index contributed by atoms with van der Waals surface area (Å²) in [5.74, 6) is -0.0760. The number of allylic oxidation sites excluding steroid dienone is 5. The molecule has 0 saturated heterocycles. The largest absolute Gasteiger partial charge is 0.394 e. The van der Waals surface area contributed by atoms with Gasteiger partial charge < -0.3 is 15.5 Å². The molecule has 0 aromatic heterocycles. The Morgan fingerprint density at radius 1 is 0.426 bits per heavy atom. The maximum Gasteiger partial charge on any atom is 0.220 e. The summed E-state index contributed by atoms with van der Waals surface area (Å²) in [5, 5.41) is 23.0. The van der Waals surface area contributed by atoms with E-state index in [-0.39, 0.29) is 12.5 Å². The first-order chi connectivity index (χ1) is 26.7. The van der Waals surface area contributed by atoms with Gasteiger partial charge in [0.2, 0.25) is 5.91 Å². The van der Waals surface area contributed by atoms with Crippen LogP contribution in [0.25, 0.3) is 0 Å². The summed E-state index contributed by atoms with van der Waals surface area (Å²) < 4.78 is 0. The summed E-state index contributed by atoms with van der Waals surface area (Å²) in [6.07, 6.45) is 61.3. The zero-order valence-corrected chi connectivity index (χ0v) is 36.5. The lowest BCUT2D eigenvalue weighted by atomic mass is 10.0. The molecule has 1 amide bonds. The van der Waals surface area contributed by atoms with Crippen LogP contribution in [0.3, 0.4) is 0 Å². The van der Waals surface area contributed by atoms with Gasteiger partial charge in [-0.05, 0) is 57.8 Å². The molecule has 0 aliphatic heterocycles. The van der Waals surface area contributed by atoms with Crippen LogP contribution in [0.15, 0.2) is 36.5 Å². The predicted octanol–water partition coefficient (Wildman–Crippen LogP) is 15.4. The minimum Gasteiger partial charge on any atom is -0.394 e. The molecule has 318 valence electrons. The summed E-state index contributed by atoms with van der Waals surface area (Å²) in [6.45, 7) is 4.31. The van der Waals surface area contributed by atoms with Crippen molar-refractivity contribution in [1.82, 2.24) is 5.32 Å². The van der Waals surface area contributed by atoms with E-state index in [1.54, 1.807) is 6.08 Å². The second kappa shape index (κ2) is 46.0. The number of rotatable bonds is 44. The Hall–Kier alpha value is -1.39. The van der Waals surface area contributed by atoms with Gasteiger partial charge >= 0.3 is 0 Å². The zero-order chi connectivity index (χ0) is 39.3. The lowest BCUT2D eigenvalue weighted by Gasteiger charge is -2.19. The summed E-state index contributed by atoms with van der Waals surface area (Å²) in [4.78, 5) is 12.4. The Labute approximate surface area is 338 Å². The standard InChI is InChI=1S/C50H95NO3/c1-3-5-7-9-11-13-15-17-19-21-23-24-25-26-28-30-32-34-36-38-40-42-44-46-50(54)51-48(47-52)49(53)45-43-41-39-37-35-33-31-29-27-22-20-18-16-14-12-10-8-6-4-2/h26,28,35,37,43,45,48-49,52-53H,3-25,27,29-34,36,38-42,44,46-47H2,1-2H3,(H,51,54)/b28-26-,37-35+,45-43+. The van der Waals surface area contributed by atoms with Crippen molar-refractivity contribution in [3.63, 3.8) is 0 Å². The Balaban J connectivity index is 3.57. The normalized spacial score (nSPS) is 13.2. The molecule has 0 radical (unpaired) electrons. The first-order valence-electron chi connectivity index (χ1n) is 24.2. The van der Waals surface area contributed by atoms with Crippen molar-refractivity contribution in [3.8, 4) is 0 Å². The summed E-state index contributed by atoms with van der Waals surface area (Å²) >= 11 is 0. The van der Waals surface area contributed by atoms with Crippen molar-refractivity contribution in [2.45, 2.75) is 270 Å². The van der Waals surface area contributed by atoms with E-state index < -0.39 is 12.1 Å². The van der Waals surface area contributed by atoms with E-state index in [4.69, 9.17) is 0 Å². The van der Waals surface area contributed by atoms with Gasteiger partial charge in [0.25, 0.3) is 0 Å². The number of hydrogen-bond acceptors (Lipinski definition) is 3. The maximum atomic E-state index is 12.4. The van der Waals surface area contributed by atoms with Crippen molar-refractivity contribution >= 4 is 5.91 Å². The van der Waals surface area contributed by atoms with Crippen molar-refractivity contribution < 1.29 is 15.0 Å². The van der Waals surface area contributed by atoms with E-state index >= 15 is 0 Å². The molecule has 0 spiro atoms. The minimum atomic E-state index is -0.863. The number of aliphatic hydroxyl groups excluding tert-OH is 2. The van der Waals surface area contributed by atoms with E-state index in [0.29, 0.717) is 6.42 Å². The van der Waals surface area contributed by atoms with Crippen LogP contribution in [0.5, 0.6) is 0 Å². The molecule has 4 heteroatoms. The highest BCUT2D eigenvalue weighted by atomic mass is 16.3. The molecule has 0 aliphatic rings. The average Bonchev–Trinajstić information content (AvgIpc) is 3.18. The maximum absolute atomic E-state index is 12.4. The number of amides is 1. The van der Waals surface area contributed by atoms with Crippen molar-refractivity contribution in [2.75, 3.05) is 6.61 Å². The van der Waals surface area contributed by atoms with E-state index in [0.717, 1.165) is 32.1 Å². The van der Waals surface area contributed by atoms with Crippen LogP contribution in [-0.2, 0) is 4.79 Å². The lowest BCUT2D eigenvalue weighted by molar-refractivity contribution is -0.123. The van der Waals surface area contributed by atoms with Crippen LogP contribution < -0.4 is 5.32 Å². The molecular weight excluding hydrogens is 663 g/mol. The molecule has 0 rings (SSSR count). The van der Waals surface area contributed by atoms with Gasteiger partial charge in [0.1, 0.15) is 0 Å². The van der Waals surface area contributed by atoms with Crippen molar-refractivity contribution in [1.29, 1.82) is 0 Å². The van der Waals surface area contributed by atoms with Gasteiger partial charge in [0, 0.05) is 6.42 Å². The molecule has 0 bridgehead atoms. The molecule has 0 fully saturated rings. The van der Waals surface area contributed by atoms with Crippen LogP contribution in [0.2, 0.25) is 0 Å². The fourth-order valence-corrected chi connectivity index (χ4v) is 7.37. The molecular formula is C50H95NO3. The first kappa shape index (κ1) is 52.6. The van der Waals surface area contributed by atoms with Gasteiger partial charge in [-0.25, -0.2) is 0 Å². The monoisotopic (exact) mass is 758 g/mol. The number of nitrogens with one attached hydrogen (secondary N) is 1. The van der Waals surface area contributed by atoms with Gasteiger partial charge in [0.05, 0.1) is 18.8 Å². The van der Waals surface area contributed by atoms with Crippen LogP contribution in [0, 0.1) is 0 Å². The molecule has 0 aromatic rings. The van der Waals surface area contributed by atoms with E-state index in [2.05, 4.69) is 43.5 Å². The third-order valence-corrected chi connectivity index (χ3v) is 11.1. The average molecular weight is 758 g/mol. The second-order valence-corrected chi connectivity index (χ2v) is 16.5. The fraction of sp³-hybridized carbons (Fsp3) is 0.860. The topological polar surface area (TPSA) is 69.6 Å². The molecule has 2 atom stereocenters. The molecule has 0 heterocycles. The summed E-state index contributed by atoms with van der Waals surface area (Å²) in [6, 6.07) is -0.640. The van der Waals surface area contributed by atoms with Crippen LogP contribution >= 0.6 is 0 Å². The lowest BCUT2D eigenvalue weighted by Crippen LogP contribution is -2.45. The van der Waals surface area contributed by atoms with Crippen LogP contribution in [-0.4, -0.2) is 34.9 Å². The number of aliphatic hydroxyl groups is 2. The Morgan fingerprint density at radius 3 is 1.07 bits per heavy atom. The third kappa shape index (κ3) is 41.8. The van der Waals surface area contributed by atoms with Gasteiger partial charge in [0.15, 0.2) is 0 Å². The highest BCUT2D eigenvalue weighted by Gasteiger charge is 2.17. The molecule has 0 aromatic carbocycles. The Morgan fingerprint density at radius 2 is 0.722 bits per heavy atom. The third-order valence-electron chi connectivity index (χ3n) is 11.1. The Bertz CT molecular complexity index is 821. The predicted molar refractivity (Wildman–Crippen MR) is 239 cm³/mol. The molecule has 54 heavy (non-hydrogen) atoms. The highest BCUT2D eigenvalue weighted by Crippen LogP contribution is 2.15. The summed E-state index contributed by atoms with van der Waals surface area (Å²) in [5.41, 5.74) is 0. The van der Waals surface area contributed by atoms with Gasteiger partial charge in [-0.2, -0.15) is 0 Å². The van der Waals surface area contributed by atoms with E-state index in [1.807, 2.05) is 6.08 Å². The van der Waals surface area contributed by atoms with Crippen LogP contribution in [0.4, 0.5) is 0 Å². The second-order valence-electron chi connectivity index (χ2n) is 16.5. The van der Waals surface area contributed by atoms with Gasteiger partial charge in [-0.3, -0.25) is 4.79 Å². The van der Waals surface area contributed by atoms with Gasteiger partial charge in [-0.15, -0.1) is 0 Å². The fourth-order valence-electron chi connectivity index (χ4n) is 7.37. The minimum absolute atomic E-state index is 0.0760. The molecule has 2 unspecified atom stereocenters.